The SMILES string of the molecule is CCCCCCCCCCCCCCCC(=O)NC(C)O.Cl. The number of unbranched alkanes of at least 4 members (excludes halogenated alkanes) is 12. The first-order valence-corrected chi connectivity index (χ1v) is 9.14. The second kappa shape index (κ2) is 18.8. The maximum absolute atomic E-state index is 11.3. The largest absolute Gasteiger partial charge is 0.374 e. The van der Waals surface area contributed by atoms with Crippen molar-refractivity contribution in [1.29, 1.82) is 0 Å². The van der Waals surface area contributed by atoms with E-state index >= 15 is 0 Å². The van der Waals surface area contributed by atoms with Crippen molar-refractivity contribution in [1.82, 2.24) is 5.32 Å². The summed E-state index contributed by atoms with van der Waals surface area (Å²) in [4.78, 5) is 11.3. The average Bonchev–Trinajstić information content (AvgIpc) is 2.43. The standard InChI is InChI=1S/C18H37NO2.ClH/c1-3-4-5-6-7-8-9-10-11-12-13-14-15-16-18(21)19-17(2)20;/h17,20H,3-16H2,1-2H3,(H,19,21);1H. The molecular weight excluding hydrogens is 298 g/mol. The van der Waals surface area contributed by atoms with Crippen molar-refractivity contribution in [2.45, 2.75) is 110 Å². The lowest BCUT2D eigenvalue weighted by Gasteiger charge is -2.07. The Kier molecular flexibility index (Phi) is 20.5. The molecule has 0 aliphatic rings. The lowest BCUT2D eigenvalue weighted by Crippen LogP contribution is -2.31. The molecule has 1 unspecified atom stereocenters. The van der Waals surface area contributed by atoms with Crippen molar-refractivity contribution in [3.8, 4) is 0 Å². The Balaban J connectivity index is 0. The van der Waals surface area contributed by atoms with E-state index in [2.05, 4.69) is 12.2 Å². The minimum Gasteiger partial charge on any atom is -0.374 e. The van der Waals surface area contributed by atoms with Crippen LogP contribution in [-0.2, 0) is 4.79 Å². The van der Waals surface area contributed by atoms with E-state index in [0.29, 0.717) is 6.42 Å². The summed E-state index contributed by atoms with van der Waals surface area (Å²) in [6.45, 7) is 3.83. The van der Waals surface area contributed by atoms with Crippen LogP contribution in [0.3, 0.4) is 0 Å². The van der Waals surface area contributed by atoms with E-state index < -0.39 is 6.23 Å². The summed E-state index contributed by atoms with van der Waals surface area (Å²) in [5.74, 6) is -0.0342. The number of aliphatic hydroxyl groups is 1. The Morgan fingerprint density at radius 3 is 1.55 bits per heavy atom. The van der Waals surface area contributed by atoms with E-state index in [4.69, 9.17) is 5.11 Å². The van der Waals surface area contributed by atoms with Crippen molar-refractivity contribution in [2.24, 2.45) is 0 Å². The highest BCUT2D eigenvalue weighted by molar-refractivity contribution is 5.85. The molecule has 22 heavy (non-hydrogen) atoms. The molecule has 0 rings (SSSR count). The number of amides is 1. The molecule has 0 aromatic heterocycles. The van der Waals surface area contributed by atoms with Crippen molar-refractivity contribution in [3.63, 3.8) is 0 Å². The molecule has 1 atom stereocenters. The number of rotatable bonds is 15. The van der Waals surface area contributed by atoms with Crippen molar-refractivity contribution in [2.75, 3.05) is 0 Å². The maximum Gasteiger partial charge on any atom is 0.221 e. The van der Waals surface area contributed by atoms with E-state index in [9.17, 15) is 4.79 Å². The number of hydrogen-bond donors (Lipinski definition) is 2. The molecule has 3 nitrogen and oxygen atoms in total. The predicted molar refractivity (Wildman–Crippen MR) is 97.4 cm³/mol. The van der Waals surface area contributed by atoms with Crippen LogP contribution in [0.4, 0.5) is 0 Å². The second-order valence-corrected chi connectivity index (χ2v) is 6.24. The normalized spacial score (nSPS) is 11.8. The van der Waals surface area contributed by atoms with Gasteiger partial charge in [0, 0.05) is 6.42 Å². The molecular formula is C18H38ClNO2. The van der Waals surface area contributed by atoms with Gasteiger partial charge in [0.15, 0.2) is 0 Å². The summed E-state index contributed by atoms with van der Waals surface area (Å²) in [7, 11) is 0. The molecule has 0 saturated carbocycles. The third kappa shape index (κ3) is 19.7. The molecule has 4 heteroatoms. The van der Waals surface area contributed by atoms with E-state index in [1.807, 2.05) is 0 Å². The zero-order valence-corrected chi connectivity index (χ0v) is 15.6. The van der Waals surface area contributed by atoms with Gasteiger partial charge in [-0.2, -0.15) is 0 Å². The monoisotopic (exact) mass is 335 g/mol. The minimum absolute atomic E-state index is 0. The van der Waals surface area contributed by atoms with Crippen LogP contribution >= 0.6 is 12.4 Å². The Labute approximate surface area is 144 Å². The number of halogens is 1. The third-order valence-electron chi connectivity index (χ3n) is 3.88. The maximum atomic E-state index is 11.3. The molecule has 0 spiro atoms. The molecule has 0 bridgehead atoms. The second-order valence-electron chi connectivity index (χ2n) is 6.24. The van der Waals surface area contributed by atoms with E-state index in [1.165, 1.54) is 70.6 Å². The first-order chi connectivity index (χ1) is 10.2. The van der Waals surface area contributed by atoms with Gasteiger partial charge in [0.1, 0.15) is 6.23 Å². The van der Waals surface area contributed by atoms with Gasteiger partial charge in [0.25, 0.3) is 0 Å². The van der Waals surface area contributed by atoms with Crippen LogP contribution in [0.1, 0.15) is 104 Å². The third-order valence-corrected chi connectivity index (χ3v) is 3.88. The topological polar surface area (TPSA) is 49.3 Å². The smallest absolute Gasteiger partial charge is 0.221 e. The fourth-order valence-corrected chi connectivity index (χ4v) is 2.61. The molecule has 134 valence electrons. The zero-order valence-electron chi connectivity index (χ0n) is 14.7. The van der Waals surface area contributed by atoms with E-state index in [0.717, 1.165) is 12.8 Å². The summed E-state index contributed by atoms with van der Waals surface area (Å²) in [5, 5.41) is 11.5. The van der Waals surface area contributed by atoms with Crippen LogP contribution in [-0.4, -0.2) is 17.2 Å². The minimum atomic E-state index is -0.723. The zero-order chi connectivity index (χ0) is 15.8. The predicted octanol–water partition coefficient (Wildman–Crippen LogP) is 5.34. The Bertz CT molecular complexity index is 235. The number of aliphatic hydroxyl groups excluding tert-OH is 1. The van der Waals surface area contributed by atoms with E-state index in [1.54, 1.807) is 6.92 Å². The van der Waals surface area contributed by atoms with Gasteiger partial charge in [-0.15, -0.1) is 12.4 Å². The van der Waals surface area contributed by atoms with Crippen molar-refractivity contribution >= 4 is 18.3 Å². The van der Waals surface area contributed by atoms with Crippen molar-refractivity contribution in [3.05, 3.63) is 0 Å². The van der Waals surface area contributed by atoms with Gasteiger partial charge in [-0.1, -0.05) is 84.0 Å². The Morgan fingerprint density at radius 2 is 1.18 bits per heavy atom. The van der Waals surface area contributed by atoms with Gasteiger partial charge in [-0.3, -0.25) is 4.79 Å². The van der Waals surface area contributed by atoms with Gasteiger partial charge in [0.2, 0.25) is 5.91 Å². The van der Waals surface area contributed by atoms with Crippen LogP contribution in [0.5, 0.6) is 0 Å². The van der Waals surface area contributed by atoms with Gasteiger partial charge < -0.3 is 10.4 Å². The van der Waals surface area contributed by atoms with Crippen molar-refractivity contribution < 1.29 is 9.90 Å². The molecule has 0 heterocycles. The number of hydrogen-bond acceptors (Lipinski definition) is 2. The Morgan fingerprint density at radius 1 is 0.818 bits per heavy atom. The molecule has 0 aliphatic heterocycles. The van der Waals surface area contributed by atoms with Gasteiger partial charge in [-0.05, 0) is 13.3 Å². The van der Waals surface area contributed by atoms with Crippen LogP contribution in [0.2, 0.25) is 0 Å². The number of nitrogens with one attached hydrogen (secondary N) is 1. The molecule has 0 aromatic carbocycles. The quantitative estimate of drug-likeness (QED) is 0.313. The molecule has 0 saturated heterocycles. The fraction of sp³-hybridized carbons (Fsp3) is 0.944. The van der Waals surface area contributed by atoms with Crippen LogP contribution in [0.15, 0.2) is 0 Å². The lowest BCUT2D eigenvalue weighted by molar-refractivity contribution is -0.123. The average molecular weight is 336 g/mol. The first kappa shape index (κ1) is 24.0. The summed E-state index contributed by atoms with van der Waals surface area (Å²) in [6, 6.07) is 0. The number of carbonyl (C=O) groups is 1. The molecule has 1 amide bonds. The molecule has 0 radical (unpaired) electrons. The highest BCUT2D eigenvalue weighted by atomic mass is 35.5. The summed E-state index contributed by atoms with van der Waals surface area (Å²) in [5.41, 5.74) is 0. The first-order valence-electron chi connectivity index (χ1n) is 9.14. The summed E-state index contributed by atoms with van der Waals surface area (Å²) in [6.07, 6.45) is 16.9. The molecule has 0 aromatic rings. The molecule has 2 N–H and O–H groups in total. The Hall–Kier alpha value is -0.280. The van der Waals surface area contributed by atoms with Crippen LogP contribution in [0, 0.1) is 0 Å². The highest BCUT2D eigenvalue weighted by Gasteiger charge is 2.03. The van der Waals surface area contributed by atoms with Gasteiger partial charge >= 0.3 is 0 Å². The molecule has 0 fully saturated rings. The fourth-order valence-electron chi connectivity index (χ4n) is 2.61. The van der Waals surface area contributed by atoms with Crippen LogP contribution < -0.4 is 5.32 Å². The van der Waals surface area contributed by atoms with Crippen LogP contribution in [0.25, 0.3) is 0 Å². The van der Waals surface area contributed by atoms with E-state index in [-0.39, 0.29) is 18.3 Å². The highest BCUT2D eigenvalue weighted by Crippen LogP contribution is 2.12. The molecule has 0 aliphatic carbocycles. The van der Waals surface area contributed by atoms with Gasteiger partial charge in [0.05, 0.1) is 0 Å². The summed E-state index contributed by atoms with van der Waals surface area (Å²) < 4.78 is 0. The van der Waals surface area contributed by atoms with Gasteiger partial charge in [-0.25, -0.2) is 0 Å². The lowest BCUT2D eigenvalue weighted by atomic mass is 10.0. The summed E-state index contributed by atoms with van der Waals surface area (Å²) >= 11 is 0. The number of carbonyl (C=O) groups excluding carboxylic acids is 1.